The minimum atomic E-state index is -0.751. The second-order valence-corrected chi connectivity index (χ2v) is 10.5. The number of esters is 2. The van der Waals surface area contributed by atoms with E-state index in [1.807, 2.05) is 44.2 Å². The van der Waals surface area contributed by atoms with Crippen molar-refractivity contribution in [3.05, 3.63) is 42.0 Å². The Labute approximate surface area is 196 Å². The topological polar surface area (TPSA) is 82.1 Å². The highest BCUT2D eigenvalue weighted by Crippen LogP contribution is 2.63. The first-order valence-corrected chi connectivity index (χ1v) is 12.1. The number of aliphatic hydroxyl groups is 1. The molecular weight excluding hydrogens is 420 g/mol. The standard InChI is InChI=1S/C27H36O6/c1-16(2)27-14-21(31-23(30)15-28)26(5,33-27)20-12-11-17(3)24(20)25(27)32-22(29)13-18(4)19-9-7-6-8-10-19/h6-10,13,16-17,20-21,24-25,28H,11-12,14-15H2,1-5H3/t17-,20-,21-,24-,25+,26+,27?/m1/s1. The van der Waals surface area contributed by atoms with Gasteiger partial charge in [0.25, 0.3) is 0 Å². The van der Waals surface area contributed by atoms with Gasteiger partial charge in [-0.25, -0.2) is 9.59 Å². The van der Waals surface area contributed by atoms with E-state index in [0.29, 0.717) is 12.3 Å². The second-order valence-electron chi connectivity index (χ2n) is 10.5. The highest BCUT2D eigenvalue weighted by molar-refractivity contribution is 5.91. The predicted molar refractivity (Wildman–Crippen MR) is 124 cm³/mol. The molecule has 1 saturated carbocycles. The summed E-state index contributed by atoms with van der Waals surface area (Å²) in [5.74, 6) is -0.383. The van der Waals surface area contributed by atoms with Gasteiger partial charge >= 0.3 is 11.9 Å². The van der Waals surface area contributed by atoms with Crippen LogP contribution in [-0.2, 0) is 23.8 Å². The second kappa shape index (κ2) is 8.88. The van der Waals surface area contributed by atoms with Crippen LogP contribution in [0.2, 0.25) is 0 Å². The van der Waals surface area contributed by atoms with Gasteiger partial charge in [-0.1, -0.05) is 51.1 Å². The van der Waals surface area contributed by atoms with Crippen LogP contribution in [0.4, 0.5) is 0 Å². The molecule has 0 amide bonds. The fourth-order valence-electron chi connectivity index (χ4n) is 6.56. The van der Waals surface area contributed by atoms with E-state index in [4.69, 9.17) is 14.2 Å². The van der Waals surface area contributed by atoms with Gasteiger partial charge in [0.1, 0.15) is 30.0 Å². The van der Waals surface area contributed by atoms with Crippen molar-refractivity contribution in [2.45, 2.75) is 77.3 Å². The van der Waals surface area contributed by atoms with Crippen molar-refractivity contribution in [2.24, 2.45) is 23.7 Å². The summed E-state index contributed by atoms with van der Waals surface area (Å²) in [5, 5.41) is 9.28. The minimum absolute atomic E-state index is 0.0420. The highest BCUT2D eigenvalue weighted by Gasteiger charge is 2.72. The Balaban J connectivity index is 1.68. The van der Waals surface area contributed by atoms with Crippen LogP contribution in [0.15, 0.2) is 36.4 Å². The van der Waals surface area contributed by atoms with E-state index >= 15 is 0 Å². The number of allylic oxidation sites excluding steroid dienone is 1. The first-order chi connectivity index (χ1) is 15.6. The number of rotatable bonds is 6. The molecule has 6 heteroatoms. The lowest BCUT2D eigenvalue weighted by Crippen LogP contribution is -2.62. The molecule has 1 aromatic rings. The van der Waals surface area contributed by atoms with Gasteiger partial charge in [-0.3, -0.25) is 0 Å². The number of benzene rings is 1. The number of hydrogen-bond donors (Lipinski definition) is 1. The number of carbonyl (C=O) groups excluding carboxylic acids is 2. The van der Waals surface area contributed by atoms with Crippen molar-refractivity contribution in [2.75, 3.05) is 6.61 Å². The Morgan fingerprint density at radius 3 is 2.55 bits per heavy atom. The summed E-state index contributed by atoms with van der Waals surface area (Å²) < 4.78 is 18.8. The zero-order valence-corrected chi connectivity index (χ0v) is 20.2. The van der Waals surface area contributed by atoms with Gasteiger partial charge in [-0.05, 0) is 55.6 Å². The normalized spacial score (nSPS) is 37.7. The molecule has 2 bridgehead atoms. The third-order valence-electron chi connectivity index (χ3n) is 8.36. The Morgan fingerprint density at radius 1 is 1.21 bits per heavy atom. The summed E-state index contributed by atoms with van der Waals surface area (Å²) in [6, 6.07) is 9.77. The molecule has 2 aliphatic heterocycles. The zero-order chi connectivity index (χ0) is 24.0. The molecule has 1 N–H and O–H groups in total. The largest absolute Gasteiger partial charge is 0.457 e. The SMILES string of the molecule is CC(=CC(=O)O[C@H]1[C@@H]2[C@H](C)CC[C@H]2[C@]2(C)OC1(C(C)C)C[C@H]2OC(=O)CO)c1ccccc1. The minimum Gasteiger partial charge on any atom is -0.457 e. The summed E-state index contributed by atoms with van der Waals surface area (Å²) in [6.07, 6.45) is 3.03. The van der Waals surface area contributed by atoms with Crippen LogP contribution >= 0.6 is 0 Å². The first kappa shape index (κ1) is 24.0. The summed E-state index contributed by atoms with van der Waals surface area (Å²) in [6.45, 7) is 9.63. The van der Waals surface area contributed by atoms with Crippen LogP contribution in [-0.4, -0.2) is 47.1 Å². The lowest BCUT2D eigenvalue weighted by Gasteiger charge is -2.52. The van der Waals surface area contributed by atoms with Crippen molar-refractivity contribution in [3.8, 4) is 0 Å². The van der Waals surface area contributed by atoms with E-state index in [0.717, 1.165) is 24.0 Å². The van der Waals surface area contributed by atoms with Crippen LogP contribution in [0, 0.1) is 23.7 Å². The molecule has 0 spiro atoms. The molecule has 3 fully saturated rings. The highest BCUT2D eigenvalue weighted by atomic mass is 16.6. The number of carbonyl (C=O) groups is 2. The molecule has 4 rings (SSSR count). The molecular formula is C27H36O6. The van der Waals surface area contributed by atoms with Crippen molar-refractivity contribution in [1.82, 2.24) is 0 Å². The molecule has 0 aromatic heterocycles. The van der Waals surface area contributed by atoms with Gasteiger partial charge in [0.05, 0.1) is 0 Å². The number of hydrogen-bond acceptors (Lipinski definition) is 6. The molecule has 180 valence electrons. The Bertz CT molecular complexity index is 924. The summed E-state index contributed by atoms with van der Waals surface area (Å²) >= 11 is 0. The summed E-state index contributed by atoms with van der Waals surface area (Å²) in [4.78, 5) is 25.2. The van der Waals surface area contributed by atoms with Crippen molar-refractivity contribution < 1.29 is 28.9 Å². The van der Waals surface area contributed by atoms with E-state index in [2.05, 4.69) is 20.8 Å². The number of aliphatic hydroxyl groups excluding tert-OH is 1. The van der Waals surface area contributed by atoms with Crippen molar-refractivity contribution in [3.63, 3.8) is 0 Å². The van der Waals surface area contributed by atoms with Gasteiger partial charge in [0, 0.05) is 18.4 Å². The summed E-state index contributed by atoms with van der Waals surface area (Å²) in [5.41, 5.74) is 0.407. The third-order valence-corrected chi connectivity index (χ3v) is 8.36. The molecule has 2 heterocycles. The maximum absolute atomic E-state index is 13.1. The maximum atomic E-state index is 13.1. The van der Waals surface area contributed by atoms with Crippen LogP contribution in [0.25, 0.3) is 5.57 Å². The fourth-order valence-corrected chi connectivity index (χ4v) is 6.56. The van der Waals surface area contributed by atoms with Gasteiger partial charge in [0.15, 0.2) is 0 Å². The van der Waals surface area contributed by atoms with E-state index in [9.17, 15) is 14.7 Å². The van der Waals surface area contributed by atoms with Crippen LogP contribution in [0.5, 0.6) is 0 Å². The van der Waals surface area contributed by atoms with Crippen LogP contribution < -0.4 is 0 Å². The maximum Gasteiger partial charge on any atom is 0.332 e. The molecule has 1 aliphatic carbocycles. The van der Waals surface area contributed by atoms with Crippen LogP contribution in [0.1, 0.15) is 59.4 Å². The molecule has 0 radical (unpaired) electrons. The Kier molecular flexibility index (Phi) is 6.45. The van der Waals surface area contributed by atoms with Gasteiger partial charge < -0.3 is 19.3 Å². The van der Waals surface area contributed by atoms with Crippen LogP contribution in [0.3, 0.4) is 0 Å². The first-order valence-electron chi connectivity index (χ1n) is 12.1. The molecule has 33 heavy (non-hydrogen) atoms. The van der Waals surface area contributed by atoms with E-state index in [-0.39, 0.29) is 23.7 Å². The van der Waals surface area contributed by atoms with Crippen molar-refractivity contribution >= 4 is 17.5 Å². The number of ether oxygens (including phenoxy) is 3. The van der Waals surface area contributed by atoms with Gasteiger partial charge in [-0.2, -0.15) is 0 Å². The lowest BCUT2D eigenvalue weighted by molar-refractivity contribution is -0.264. The molecule has 7 atom stereocenters. The van der Waals surface area contributed by atoms with E-state index < -0.39 is 36.0 Å². The lowest BCUT2D eigenvalue weighted by atomic mass is 9.69. The Hall–Kier alpha value is -2.18. The quantitative estimate of drug-likeness (QED) is 0.511. The van der Waals surface area contributed by atoms with Gasteiger partial charge in [0.2, 0.25) is 0 Å². The number of fused-ring (bicyclic) bond motifs is 4. The average Bonchev–Trinajstić information content (AvgIpc) is 3.30. The summed E-state index contributed by atoms with van der Waals surface area (Å²) in [7, 11) is 0. The monoisotopic (exact) mass is 456 g/mol. The zero-order valence-electron chi connectivity index (χ0n) is 20.2. The van der Waals surface area contributed by atoms with Crippen molar-refractivity contribution in [1.29, 1.82) is 0 Å². The van der Waals surface area contributed by atoms with Gasteiger partial charge in [-0.15, -0.1) is 0 Å². The molecule has 6 nitrogen and oxygen atoms in total. The Morgan fingerprint density at radius 2 is 1.91 bits per heavy atom. The average molecular weight is 457 g/mol. The molecule has 1 aromatic carbocycles. The third kappa shape index (κ3) is 4.01. The molecule has 2 saturated heterocycles. The predicted octanol–water partition coefficient (Wildman–Crippen LogP) is 4.16. The smallest absolute Gasteiger partial charge is 0.332 e. The van der Waals surface area contributed by atoms with E-state index in [1.54, 1.807) is 6.08 Å². The van der Waals surface area contributed by atoms with E-state index in [1.165, 1.54) is 0 Å². The molecule has 3 aliphatic rings. The fraction of sp³-hybridized carbons (Fsp3) is 0.630. The molecule has 1 unspecified atom stereocenters.